The fourth-order valence-corrected chi connectivity index (χ4v) is 2.69. The van der Waals surface area contributed by atoms with Gasteiger partial charge in [-0.15, -0.1) is 5.10 Å². The van der Waals surface area contributed by atoms with Gasteiger partial charge in [-0.1, -0.05) is 58.4 Å². The molecule has 25 heavy (non-hydrogen) atoms. The lowest BCUT2D eigenvalue weighted by Gasteiger charge is -2.11. The molecule has 0 aromatic heterocycles. The van der Waals surface area contributed by atoms with Crippen LogP contribution < -0.4 is 16.2 Å². The van der Waals surface area contributed by atoms with Gasteiger partial charge in [-0.05, 0) is 34.5 Å². The summed E-state index contributed by atoms with van der Waals surface area (Å²) in [4.78, 5) is 0. The predicted molar refractivity (Wildman–Crippen MR) is 106 cm³/mol. The van der Waals surface area contributed by atoms with E-state index in [1.165, 1.54) is 0 Å². The standard InChI is InChI=1S/C19H17BrN4O/c20-15-8-5-13(6-9-15)12-25-18-10-7-14-3-1-2-4-16(14)17(18)11-23-24-19(21)22/h1-11H,12H2,(H4,21,22,24)/b23-11-. The van der Waals surface area contributed by atoms with Crippen LogP contribution in [0.15, 0.2) is 75.3 Å². The number of nitrogens with zero attached hydrogens (tertiary/aromatic N) is 2. The highest BCUT2D eigenvalue weighted by molar-refractivity contribution is 9.10. The van der Waals surface area contributed by atoms with Crippen LogP contribution in [-0.4, -0.2) is 12.2 Å². The number of halogens is 1. The van der Waals surface area contributed by atoms with Crippen LogP contribution in [-0.2, 0) is 6.61 Å². The maximum absolute atomic E-state index is 6.01. The van der Waals surface area contributed by atoms with Gasteiger partial charge in [-0.25, -0.2) is 0 Å². The van der Waals surface area contributed by atoms with Crippen LogP contribution in [0.2, 0.25) is 0 Å². The minimum Gasteiger partial charge on any atom is -0.488 e. The van der Waals surface area contributed by atoms with E-state index in [9.17, 15) is 0 Å². The first kappa shape index (κ1) is 17.0. The number of guanidine groups is 1. The molecule has 5 nitrogen and oxygen atoms in total. The normalized spacial score (nSPS) is 10.9. The Morgan fingerprint density at radius 3 is 2.52 bits per heavy atom. The summed E-state index contributed by atoms with van der Waals surface area (Å²) in [6.07, 6.45) is 1.61. The highest BCUT2D eigenvalue weighted by Crippen LogP contribution is 2.27. The van der Waals surface area contributed by atoms with E-state index in [-0.39, 0.29) is 5.96 Å². The van der Waals surface area contributed by atoms with E-state index >= 15 is 0 Å². The number of benzene rings is 3. The molecule has 6 heteroatoms. The summed E-state index contributed by atoms with van der Waals surface area (Å²) in [6.45, 7) is 0.453. The van der Waals surface area contributed by atoms with E-state index in [4.69, 9.17) is 16.2 Å². The monoisotopic (exact) mass is 396 g/mol. The average molecular weight is 397 g/mol. The first-order chi connectivity index (χ1) is 12.1. The Morgan fingerprint density at radius 1 is 1.00 bits per heavy atom. The highest BCUT2D eigenvalue weighted by Gasteiger charge is 2.07. The van der Waals surface area contributed by atoms with Crippen molar-refractivity contribution in [1.82, 2.24) is 0 Å². The number of hydrogen-bond acceptors (Lipinski definition) is 3. The van der Waals surface area contributed by atoms with Gasteiger partial charge in [-0.2, -0.15) is 5.10 Å². The van der Waals surface area contributed by atoms with Crippen LogP contribution in [0.4, 0.5) is 0 Å². The zero-order valence-electron chi connectivity index (χ0n) is 13.4. The third-order valence-corrected chi connectivity index (χ3v) is 4.13. The summed E-state index contributed by atoms with van der Waals surface area (Å²) in [7, 11) is 0. The summed E-state index contributed by atoms with van der Waals surface area (Å²) in [5.41, 5.74) is 12.6. The maximum atomic E-state index is 6.01. The van der Waals surface area contributed by atoms with Gasteiger partial charge in [0.05, 0.1) is 6.21 Å². The molecule has 0 bridgehead atoms. The average Bonchev–Trinajstić information content (AvgIpc) is 2.62. The Labute approximate surface area is 154 Å². The van der Waals surface area contributed by atoms with E-state index in [1.807, 2.05) is 60.7 Å². The number of nitrogens with two attached hydrogens (primary N) is 2. The molecule has 0 spiro atoms. The van der Waals surface area contributed by atoms with E-state index in [0.717, 1.165) is 32.1 Å². The molecule has 0 saturated carbocycles. The lowest BCUT2D eigenvalue weighted by atomic mass is 10.0. The largest absolute Gasteiger partial charge is 0.488 e. The van der Waals surface area contributed by atoms with Crippen molar-refractivity contribution in [3.05, 3.63) is 76.3 Å². The lowest BCUT2D eigenvalue weighted by molar-refractivity contribution is 0.306. The van der Waals surface area contributed by atoms with Gasteiger partial charge in [0.1, 0.15) is 12.4 Å². The third kappa shape index (κ3) is 4.36. The van der Waals surface area contributed by atoms with Crippen molar-refractivity contribution in [3.63, 3.8) is 0 Å². The summed E-state index contributed by atoms with van der Waals surface area (Å²) in [6, 6.07) is 19.9. The van der Waals surface area contributed by atoms with Crippen LogP contribution in [0.25, 0.3) is 10.8 Å². The van der Waals surface area contributed by atoms with Crippen molar-refractivity contribution in [2.45, 2.75) is 6.61 Å². The van der Waals surface area contributed by atoms with Gasteiger partial charge in [0.25, 0.3) is 0 Å². The molecule has 4 N–H and O–H groups in total. The number of ether oxygens (including phenoxy) is 1. The molecule has 0 fully saturated rings. The van der Waals surface area contributed by atoms with Gasteiger partial charge >= 0.3 is 0 Å². The fraction of sp³-hybridized carbons (Fsp3) is 0.0526. The van der Waals surface area contributed by atoms with Gasteiger partial charge < -0.3 is 16.2 Å². The molecule has 0 aliphatic rings. The number of fused-ring (bicyclic) bond motifs is 1. The van der Waals surface area contributed by atoms with Gasteiger partial charge in [0, 0.05) is 10.0 Å². The minimum absolute atomic E-state index is 0.0891. The van der Waals surface area contributed by atoms with Crippen molar-refractivity contribution in [1.29, 1.82) is 0 Å². The highest BCUT2D eigenvalue weighted by atomic mass is 79.9. The van der Waals surface area contributed by atoms with E-state index < -0.39 is 0 Å². The Bertz CT molecular complexity index is 932. The SMILES string of the molecule is NC(N)=N/N=C\c1c(OCc2ccc(Br)cc2)ccc2ccccc12. The molecule has 3 aromatic rings. The predicted octanol–water partition coefficient (Wildman–Crippen LogP) is 3.79. The fourth-order valence-electron chi connectivity index (χ4n) is 2.43. The van der Waals surface area contributed by atoms with Crippen LogP contribution in [0.3, 0.4) is 0 Å². The topological polar surface area (TPSA) is 86.0 Å². The summed E-state index contributed by atoms with van der Waals surface area (Å²) in [5.74, 6) is 0.630. The molecule has 0 aliphatic carbocycles. The molecule has 0 atom stereocenters. The van der Waals surface area contributed by atoms with Crippen molar-refractivity contribution < 1.29 is 4.74 Å². The van der Waals surface area contributed by atoms with E-state index in [0.29, 0.717) is 6.61 Å². The smallest absolute Gasteiger partial charge is 0.211 e. The molecule has 126 valence electrons. The van der Waals surface area contributed by atoms with Gasteiger partial charge in [0.2, 0.25) is 5.96 Å². The summed E-state index contributed by atoms with van der Waals surface area (Å²) >= 11 is 3.43. The van der Waals surface area contributed by atoms with Crippen LogP contribution in [0, 0.1) is 0 Å². The Hall–Kier alpha value is -2.86. The van der Waals surface area contributed by atoms with Crippen LogP contribution >= 0.6 is 15.9 Å². The Morgan fingerprint density at radius 2 is 1.76 bits per heavy atom. The third-order valence-electron chi connectivity index (χ3n) is 3.60. The molecule has 0 unspecified atom stereocenters. The summed E-state index contributed by atoms with van der Waals surface area (Å²) < 4.78 is 7.05. The van der Waals surface area contributed by atoms with Crippen molar-refractivity contribution in [2.24, 2.45) is 21.7 Å². The molecular weight excluding hydrogens is 380 g/mol. The first-order valence-corrected chi connectivity index (χ1v) is 8.44. The van der Waals surface area contributed by atoms with Gasteiger partial charge in [0.15, 0.2) is 0 Å². The molecule has 0 saturated heterocycles. The molecule has 3 rings (SSSR count). The Kier molecular flexibility index (Phi) is 5.30. The van der Waals surface area contributed by atoms with Crippen LogP contribution in [0.5, 0.6) is 5.75 Å². The molecule has 3 aromatic carbocycles. The second-order valence-electron chi connectivity index (χ2n) is 5.38. The second kappa shape index (κ2) is 7.81. The molecule has 0 heterocycles. The number of rotatable bonds is 5. The zero-order valence-corrected chi connectivity index (χ0v) is 15.0. The molecule has 0 radical (unpaired) electrons. The molecule has 0 aliphatic heterocycles. The zero-order chi connectivity index (χ0) is 17.6. The molecular formula is C19H17BrN4O. The first-order valence-electron chi connectivity index (χ1n) is 7.64. The minimum atomic E-state index is -0.0891. The van der Waals surface area contributed by atoms with Crippen molar-refractivity contribution in [2.75, 3.05) is 0 Å². The lowest BCUT2D eigenvalue weighted by Crippen LogP contribution is -2.21. The van der Waals surface area contributed by atoms with Crippen molar-refractivity contribution >= 4 is 38.9 Å². The van der Waals surface area contributed by atoms with E-state index in [1.54, 1.807) is 6.21 Å². The maximum Gasteiger partial charge on any atom is 0.211 e. The quantitative estimate of drug-likeness (QED) is 0.390. The Balaban J connectivity index is 1.94. The van der Waals surface area contributed by atoms with Crippen LogP contribution in [0.1, 0.15) is 11.1 Å². The van der Waals surface area contributed by atoms with Crippen molar-refractivity contribution in [3.8, 4) is 5.75 Å². The second-order valence-corrected chi connectivity index (χ2v) is 6.30. The summed E-state index contributed by atoms with van der Waals surface area (Å²) in [5, 5.41) is 9.73. The van der Waals surface area contributed by atoms with E-state index in [2.05, 4.69) is 26.1 Å². The number of hydrogen-bond donors (Lipinski definition) is 2. The molecule has 0 amide bonds. The van der Waals surface area contributed by atoms with Gasteiger partial charge in [-0.3, -0.25) is 0 Å².